The Hall–Kier alpha value is -1.41. The summed E-state index contributed by atoms with van der Waals surface area (Å²) in [6.07, 6.45) is 4.44. The molecule has 0 radical (unpaired) electrons. The Balaban J connectivity index is 2.15. The predicted octanol–water partition coefficient (Wildman–Crippen LogP) is 2.50. The molecule has 21 heavy (non-hydrogen) atoms. The fraction of sp³-hybridized carbons (Fsp3) is 0.583. The second-order valence-electron chi connectivity index (χ2n) is 5.26. The van der Waals surface area contributed by atoms with E-state index in [2.05, 4.69) is 4.98 Å². The molecule has 1 aliphatic carbocycles. The molecule has 0 saturated heterocycles. The van der Waals surface area contributed by atoms with Crippen LogP contribution < -0.4 is 4.74 Å². The van der Waals surface area contributed by atoms with Crippen molar-refractivity contribution in [2.75, 3.05) is 12.4 Å². The standard InChI is InChI=1S/C12H15ClN2O5S/c13-21(18,19)9-12(5-1-2-6-12)8-20-10-4-3-7-14-11(10)15(16)17/h3-4,7H,1-2,5-6,8-9H2. The maximum Gasteiger partial charge on any atom is 0.406 e. The third-order valence-corrected chi connectivity index (χ3v) is 4.88. The number of nitro groups is 1. The zero-order chi connectivity index (χ0) is 15.5. The minimum atomic E-state index is -3.65. The van der Waals surface area contributed by atoms with Gasteiger partial charge in [0, 0.05) is 16.1 Å². The topological polar surface area (TPSA) is 99.4 Å². The van der Waals surface area contributed by atoms with Crippen LogP contribution in [-0.2, 0) is 9.05 Å². The van der Waals surface area contributed by atoms with Crippen molar-refractivity contribution in [3.05, 3.63) is 28.4 Å². The lowest BCUT2D eigenvalue weighted by molar-refractivity contribution is -0.390. The average molecular weight is 335 g/mol. The van der Waals surface area contributed by atoms with E-state index in [0.717, 1.165) is 12.8 Å². The van der Waals surface area contributed by atoms with E-state index in [1.54, 1.807) is 0 Å². The van der Waals surface area contributed by atoms with Crippen molar-refractivity contribution in [1.82, 2.24) is 4.98 Å². The Kier molecular flexibility index (Phi) is 4.67. The molecule has 0 bridgehead atoms. The smallest absolute Gasteiger partial charge is 0.406 e. The molecule has 0 atom stereocenters. The number of hydrogen-bond acceptors (Lipinski definition) is 6. The minimum absolute atomic E-state index is 0.0424. The van der Waals surface area contributed by atoms with Crippen LogP contribution in [0.1, 0.15) is 25.7 Å². The number of hydrogen-bond donors (Lipinski definition) is 0. The van der Waals surface area contributed by atoms with Crippen LogP contribution in [0.4, 0.5) is 5.82 Å². The quantitative estimate of drug-likeness (QED) is 0.450. The molecule has 7 nitrogen and oxygen atoms in total. The van der Waals surface area contributed by atoms with Crippen LogP contribution in [0.2, 0.25) is 0 Å². The molecular formula is C12H15ClN2O5S. The highest BCUT2D eigenvalue weighted by atomic mass is 35.7. The summed E-state index contributed by atoms with van der Waals surface area (Å²) in [5, 5.41) is 10.9. The number of pyridine rings is 1. The van der Waals surface area contributed by atoms with Crippen LogP contribution in [-0.4, -0.2) is 30.7 Å². The maximum atomic E-state index is 11.4. The number of aromatic nitrogens is 1. The monoisotopic (exact) mass is 334 g/mol. The van der Waals surface area contributed by atoms with E-state index >= 15 is 0 Å². The summed E-state index contributed by atoms with van der Waals surface area (Å²) in [4.78, 5) is 13.9. The van der Waals surface area contributed by atoms with Crippen LogP contribution >= 0.6 is 10.7 Å². The fourth-order valence-corrected chi connectivity index (χ4v) is 4.48. The van der Waals surface area contributed by atoms with Crippen molar-refractivity contribution < 1.29 is 18.1 Å². The van der Waals surface area contributed by atoms with Crippen molar-refractivity contribution in [2.45, 2.75) is 25.7 Å². The summed E-state index contributed by atoms with van der Waals surface area (Å²) in [6, 6.07) is 2.98. The summed E-state index contributed by atoms with van der Waals surface area (Å²) in [5.74, 6) is -0.518. The van der Waals surface area contributed by atoms with Gasteiger partial charge in [-0.05, 0) is 34.9 Å². The normalized spacial score (nSPS) is 17.6. The molecule has 1 saturated carbocycles. The number of ether oxygens (including phenoxy) is 1. The van der Waals surface area contributed by atoms with Gasteiger partial charge in [-0.2, -0.15) is 0 Å². The molecular weight excluding hydrogens is 320 g/mol. The Labute approximate surface area is 126 Å². The van der Waals surface area contributed by atoms with Crippen LogP contribution in [0.3, 0.4) is 0 Å². The maximum absolute atomic E-state index is 11.4. The van der Waals surface area contributed by atoms with Crippen molar-refractivity contribution in [3.8, 4) is 5.75 Å². The van der Waals surface area contributed by atoms with Crippen LogP contribution in [0, 0.1) is 15.5 Å². The van der Waals surface area contributed by atoms with Crippen molar-refractivity contribution in [1.29, 1.82) is 0 Å². The number of halogens is 1. The third kappa shape index (κ3) is 4.28. The highest BCUT2D eigenvalue weighted by molar-refractivity contribution is 8.13. The van der Waals surface area contributed by atoms with Gasteiger partial charge in [0.15, 0.2) is 0 Å². The van der Waals surface area contributed by atoms with Gasteiger partial charge in [-0.3, -0.25) is 0 Å². The van der Waals surface area contributed by atoms with Gasteiger partial charge in [-0.25, -0.2) is 8.42 Å². The van der Waals surface area contributed by atoms with Gasteiger partial charge in [-0.1, -0.05) is 12.8 Å². The first kappa shape index (κ1) is 16.0. The largest absolute Gasteiger partial charge is 0.485 e. The van der Waals surface area contributed by atoms with Gasteiger partial charge in [0.25, 0.3) is 0 Å². The van der Waals surface area contributed by atoms with Crippen molar-refractivity contribution >= 4 is 25.6 Å². The minimum Gasteiger partial charge on any atom is -0.485 e. The highest BCUT2D eigenvalue weighted by Gasteiger charge is 2.39. The molecule has 1 fully saturated rings. The summed E-state index contributed by atoms with van der Waals surface area (Å²) >= 11 is 0. The van der Waals surface area contributed by atoms with Crippen LogP contribution in [0.5, 0.6) is 5.75 Å². The van der Waals surface area contributed by atoms with Crippen LogP contribution in [0.25, 0.3) is 0 Å². The van der Waals surface area contributed by atoms with Crippen molar-refractivity contribution in [2.24, 2.45) is 5.41 Å². The summed E-state index contributed by atoms with van der Waals surface area (Å²) in [6.45, 7) is 0.0749. The van der Waals surface area contributed by atoms with E-state index in [0.29, 0.717) is 12.8 Å². The number of rotatable bonds is 6. The molecule has 2 rings (SSSR count). The second-order valence-corrected chi connectivity index (χ2v) is 8.04. The molecule has 116 valence electrons. The molecule has 0 unspecified atom stereocenters. The first-order chi connectivity index (χ1) is 9.81. The van der Waals surface area contributed by atoms with Crippen LogP contribution in [0.15, 0.2) is 18.3 Å². The average Bonchev–Trinajstić information content (AvgIpc) is 2.83. The lowest BCUT2D eigenvalue weighted by atomic mass is 9.90. The molecule has 9 heteroatoms. The Bertz CT molecular complexity index is 628. The van der Waals surface area contributed by atoms with Gasteiger partial charge in [-0.15, -0.1) is 0 Å². The lowest BCUT2D eigenvalue weighted by Crippen LogP contribution is -2.32. The van der Waals surface area contributed by atoms with Crippen molar-refractivity contribution in [3.63, 3.8) is 0 Å². The zero-order valence-electron chi connectivity index (χ0n) is 11.2. The molecule has 0 aliphatic heterocycles. The predicted molar refractivity (Wildman–Crippen MR) is 76.9 cm³/mol. The number of nitrogens with zero attached hydrogens (tertiary/aromatic N) is 2. The SMILES string of the molecule is O=[N+]([O-])c1ncccc1OCC1(CS(=O)(=O)Cl)CCCC1. The fourth-order valence-electron chi connectivity index (χ4n) is 2.68. The van der Waals surface area contributed by atoms with E-state index in [-0.39, 0.29) is 23.9 Å². The van der Waals surface area contributed by atoms with E-state index in [1.165, 1.54) is 18.3 Å². The highest BCUT2D eigenvalue weighted by Crippen LogP contribution is 2.41. The molecule has 0 N–H and O–H groups in total. The van der Waals surface area contributed by atoms with E-state index in [9.17, 15) is 18.5 Å². The van der Waals surface area contributed by atoms with Gasteiger partial charge in [0.2, 0.25) is 14.8 Å². The molecule has 0 spiro atoms. The summed E-state index contributed by atoms with van der Waals surface area (Å²) in [7, 11) is 1.71. The second kappa shape index (κ2) is 6.15. The lowest BCUT2D eigenvalue weighted by Gasteiger charge is -2.27. The molecule has 1 heterocycles. The van der Waals surface area contributed by atoms with E-state index in [1.807, 2.05) is 0 Å². The first-order valence-electron chi connectivity index (χ1n) is 6.46. The molecule has 1 aromatic heterocycles. The third-order valence-electron chi connectivity index (χ3n) is 3.60. The van der Waals surface area contributed by atoms with Gasteiger partial charge >= 0.3 is 5.82 Å². The molecule has 0 aromatic carbocycles. The Morgan fingerprint density at radius 3 is 2.67 bits per heavy atom. The first-order valence-corrected chi connectivity index (χ1v) is 8.94. The van der Waals surface area contributed by atoms with Gasteiger partial charge in [0.1, 0.15) is 6.20 Å². The summed E-state index contributed by atoms with van der Waals surface area (Å²) < 4.78 is 28.2. The van der Waals surface area contributed by atoms with E-state index in [4.69, 9.17) is 15.4 Å². The zero-order valence-corrected chi connectivity index (χ0v) is 12.8. The van der Waals surface area contributed by atoms with Gasteiger partial charge in [0.05, 0.1) is 12.4 Å². The Morgan fingerprint density at radius 2 is 2.10 bits per heavy atom. The van der Waals surface area contributed by atoms with E-state index < -0.39 is 19.4 Å². The molecule has 0 amide bonds. The molecule has 1 aliphatic rings. The summed E-state index contributed by atoms with van der Waals surface area (Å²) in [5.41, 5.74) is -0.579. The Morgan fingerprint density at radius 1 is 1.43 bits per heavy atom. The van der Waals surface area contributed by atoms with Gasteiger partial charge < -0.3 is 14.9 Å². The molecule has 1 aromatic rings.